The van der Waals surface area contributed by atoms with Crippen molar-refractivity contribution < 1.29 is 47.9 Å². The summed E-state index contributed by atoms with van der Waals surface area (Å²) in [4.78, 5) is 42.3. The number of carbonyl (C=O) groups is 3. The largest absolute Gasteiger partial charge is 0.458 e. The zero-order chi connectivity index (χ0) is 36.0. The van der Waals surface area contributed by atoms with Crippen molar-refractivity contribution >= 4 is 17.8 Å². The molecule has 0 radical (unpaired) electrons. The molecule has 14 heteroatoms. The molecule has 0 aromatic carbocycles. The van der Waals surface area contributed by atoms with Crippen molar-refractivity contribution in [3.63, 3.8) is 0 Å². The quantitative estimate of drug-likeness (QED) is 0.148. The minimum atomic E-state index is -1.16. The van der Waals surface area contributed by atoms with E-state index in [2.05, 4.69) is 22.9 Å². The van der Waals surface area contributed by atoms with Crippen molar-refractivity contribution in [2.75, 3.05) is 54.6 Å². The number of ether oxygens (including phenoxy) is 6. The number of ketones is 1. The van der Waals surface area contributed by atoms with Crippen molar-refractivity contribution in [3.8, 4) is 0 Å². The highest BCUT2D eigenvalue weighted by atomic mass is 16.7. The number of fused-ring (bicyclic) bond motifs is 1. The van der Waals surface area contributed by atoms with E-state index in [0.29, 0.717) is 45.5 Å². The molecule has 5 unspecified atom stereocenters. The number of cyclic esters (lactones) is 1. The standard InChI is InChI=1S/C34H62N4O10/c1-12-25-34(7)28(37-32(42)48-34)22(5)36-17-19(2)16-33(6,44-11)29(20(3)26(39)21(4)30(41)46-25)47-31-27(40)24(38(8)9)15-23(45-31)18-35-13-14-43-10/h19-25,27-29,31,35-36,40H,12-18H2,1-11H3,(H,37,42)/t19-,20+,21?,22-,23?,24?,25-,27?,28-,29-,31?,33-,34-/m1/s1. The first-order valence-electron chi connectivity index (χ1n) is 17.4. The number of methoxy groups -OCH3 is 2. The molecule has 1 amide bonds. The highest BCUT2D eigenvalue weighted by molar-refractivity contribution is 6.00. The summed E-state index contributed by atoms with van der Waals surface area (Å²) in [5.74, 6) is -3.11. The van der Waals surface area contributed by atoms with Gasteiger partial charge in [-0.1, -0.05) is 20.8 Å². The van der Waals surface area contributed by atoms with E-state index in [1.54, 1.807) is 28.1 Å². The molecule has 48 heavy (non-hydrogen) atoms. The van der Waals surface area contributed by atoms with Gasteiger partial charge in [-0.25, -0.2) is 4.79 Å². The Kier molecular flexibility index (Phi) is 14.6. The van der Waals surface area contributed by atoms with Gasteiger partial charge in [-0.05, 0) is 73.5 Å². The Morgan fingerprint density at radius 3 is 2.40 bits per heavy atom. The number of likely N-dealkylation sites (N-methyl/N-ethyl adjacent to an activating group) is 1. The van der Waals surface area contributed by atoms with Gasteiger partial charge in [0.05, 0.1) is 30.5 Å². The van der Waals surface area contributed by atoms with Gasteiger partial charge in [0.15, 0.2) is 17.7 Å². The highest BCUT2D eigenvalue weighted by Crippen LogP contribution is 2.37. The molecule has 278 valence electrons. The van der Waals surface area contributed by atoms with Crippen molar-refractivity contribution in [2.24, 2.45) is 17.8 Å². The van der Waals surface area contributed by atoms with E-state index in [-0.39, 0.29) is 24.1 Å². The summed E-state index contributed by atoms with van der Waals surface area (Å²) in [7, 11) is 7.02. The average Bonchev–Trinajstić information content (AvgIpc) is 3.36. The van der Waals surface area contributed by atoms with Crippen molar-refractivity contribution in [3.05, 3.63) is 0 Å². The second-order valence-electron chi connectivity index (χ2n) is 14.6. The number of amides is 1. The maximum absolute atomic E-state index is 14.2. The first kappa shape index (κ1) is 40.5. The number of hydrogen-bond donors (Lipinski definition) is 4. The molecule has 3 fully saturated rings. The lowest BCUT2D eigenvalue weighted by Gasteiger charge is -2.47. The molecule has 4 N–H and O–H groups in total. The molecule has 0 bridgehead atoms. The minimum absolute atomic E-state index is 0.0157. The molecule has 3 saturated heterocycles. The number of hydrogen-bond acceptors (Lipinski definition) is 13. The smallest absolute Gasteiger partial charge is 0.408 e. The van der Waals surface area contributed by atoms with Crippen molar-refractivity contribution in [1.29, 1.82) is 0 Å². The summed E-state index contributed by atoms with van der Waals surface area (Å²) >= 11 is 0. The van der Waals surface area contributed by atoms with Crippen LogP contribution >= 0.6 is 0 Å². The maximum Gasteiger partial charge on any atom is 0.408 e. The summed E-state index contributed by atoms with van der Waals surface area (Å²) in [5, 5.41) is 21.3. The van der Waals surface area contributed by atoms with Crippen LogP contribution in [0.2, 0.25) is 0 Å². The molecule has 14 nitrogen and oxygen atoms in total. The Bertz CT molecular complexity index is 1080. The predicted molar refractivity (Wildman–Crippen MR) is 178 cm³/mol. The van der Waals surface area contributed by atoms with E-state index in [9.17, 15) is 19.5 Å². The predicted octanol–water partition coefficient (Wildman–Crippen LogP) is 1.47. The molecule has 3 rings (SSSR count). The van der Waals surface area contributed by atoms with Crippen molar-refractivity contribution in [2.45, 2.75) is 128 Å². The van der Waals surface area contributed by atoms with Gasteiger partial charge >= 0.3 is 12.1 Å². The SMILES string of the molecule is CC[C@H]1OC(=O)C(C)C(=O)[C@H](C)[C@@H](OC2OC(CNCCOC)CC(N(C)C)C2O)[C@](C)(OC)C[C@@H](C)CN[C@H](C)[C@H]2NC(=O)O[C@@]21C. The van der Waals surface area contributed by atoms with Crippen LogP contribution in [-0.4, -0.2) is 142 Å². The molecule has 0 saturated carbocycles. The lowest BCUT2D eigenvalue weighted by molar-refractivity contribution is -0.297. The monoisotopic (exact) mass is 686 g/mol. The van der Waals surface area contributed by atoms with Crippen LogP contribution in [0.1, 0.15) is 67.7 Å². The number of aliphatic hydroxyl groups is 1. The van der Waals surface area contributed by atoms with Gasteiger partial charge in [0.1, 0.15) is 18.1 Å². The number of rotatable bonds is 10. The van der Waals surface area contributed by atoms with E-state index >= 15 is 0 Å². The van der Waals surface area contributed by atoms with Crippen molar-refractivity contribution in [1.82, 2.24) is 20.9 Å². The van der Waals surface area contributed by atoms with Crippen LogP contribution in [0.4, 0.5) is 4.79 Å². The van der Waals surface area contributed by atoms with Crippen LogP contribution in [0.3, 0.4) is 0 Å². The molecule has 0 aliphatic carbocycles. The van der Waals surface area contributed by atoms with Gasteiger partial charge in [-0.2, -0.15) is 0 Å². The molecular formula is C34H62N4O10. The molecule has 3 aliphatic rings. The number of esters is 1. The van der Waals surface area contributed by atoms with Crippen LogP contribution in [0.5, 0.6) is 0 Å². The van der Waals surface area contributed by atoms with Crippen LogP contribution < -0.4 is 16.0 Å². The van der Waals surface area contributed by atoms with Gasteiger partial charge in [0, 0.05) is 45.3 Å². The molecular weight excluding hydrogens is 624 g/mol. The van der Waals surface area contributed by atoms with Gasteiger partial charge < -0.3 is 54.4 Å². The Labute approximate surface area is 286 Å². The maximum atomic E-state index is 14.2. The molecule has 3 aliphatic heterocycles. The number of carbonyl (C=O) groups excluding carboxylic acids is 3. The third-order valence-electron chi connectivity index (χ3n) is 10.6. The van der Waals surface area contributed by atoms with Gasteiger partial charge in [0.2, 0.25) is 0 Å². The fraction of sp³-hybridized carbons (Fsp3) is 0.912. The third kappa shape index (κ3) is 9.25. The molecule has 13 atom stereocenters. The first-order chi connectivity index (χ1) is 22.5. The van der Waals surface area contributed by atoms with E-state index in [1.807, 2.05) is 39.8 Å². The number of Topliss-reactive ketones (excluding diaryl/α,β-unsaturated/α-hetero) is 1. The van der Waals surface area contributed by atoms with Gasteiger partial charge in [-0.15, -0.1) is 0 Å². The van der Waals surface area contributed by atoms with Gasteiger partial charge in [-0.3, -0.25) is 9.59 Å². The van der Waals surface area contributed by atoms with Crippen LogP contribution in [0, 0.1) is 17.8 Å². The topological polar surface area (TPSA) is 166 Å². The van der Waals surface area contributed by atoms with E-state index in [4.69, 9.17) is 28.4 Å². The molecule has 0 aromatic rings. The Morgan fingerprint density at radius 1 is 1.10 bits per heavy atom. The second-order valence-corrected chi connectivity index (χ2v) is 14.6. The highest BCUT2D eigenvalue weighted by Gasteiger charge is 2.55. The second kappa shape index (κ2) is 17.3. The normalized spacial score (nSPS) is 41.9. The Morgan fingerprint density at radius 2 is 1.79 bits per heavy atom. The fourth-order valence-electron chi connectivity index (χ4n) is 7.59. The number of nitrogens with zero attached hydrogens (tertiary/aromatic N) is 1. The summed E-state index contributed by atoms with van der Waals surface area (Å²) < 4.78 is 36.1. The average molecular weight is 687 g/mol. The Balaban J connectivity index is 1.99. The van der Waals surface area contributed by atoms with Crippen LogP contribution in [0.15, 0.2) is 0 Å². The summed E-state index contributed by atoms with van der Waals surface area (Å²) in [6.45, 7) is 15.0. The number of aliphatic hydroxyl groups excluding tert-OH is 1. The van der Waals surface area contributed by atoms with Gasteiger partial charge in [0.25, 0.3) is 0 Å². The van der Waals surface area contributed by atoms with E-state index in [0.717, 1.165) is 0 Å². The lowest BCUT2D eigenvalue weighted by atomic mass is 9.78. The number of alkyl carbamates (subject to hydrolysis) is 1. The van der Waals surface area contributed by atoms with E-state index < -0.39 is 71.5 Å². The summed E-state index contributed by atoms with van der Waals surface area (Å²) in [5.41, 5.74) is -2.19. The summed E-state index contributed by atoms with van der Waals surface area (Å²) in [6.07, 6.45) is -3.25. The Hall–Kier alpha value is -1.91. The number of nitrogens with one attached hydrogen (secondary N) is 3. The molecule has 0 spiro atoms. The third-order valence-corrected chi connectivity index (χ3v) is 10.6. The van der Waals surface area contributed by atoms with Crippen LogP contribution in [0.25, 0.3) is 0 Å². The zero-order valence-corrected chi connectivity index (χ0v) is 30.9. The minimum Gasteiger partial charge on any atom is -0.458 e. The zero-order valence-electron chi connectivity index (χ0n) is 30.9. The lowest BCUT2D eigenvalue weighted by Crippen LogP contribution is -2.60. The molecule has 0 aromatic heterocycles. The first-order valence-corrected chi connectivity index (χ1v) is 17.4. The molecule has 3 heterocycles. The fourth-order valence-corrected chi connectivity index (χ4v) is 7.59. The van der Waals surface area contributed by atoms with Crippen LogP contribution in [-0.2, 0) is 38.0 Å². The van der Waals surface area contributed by atoms with E-state index in [1.165, 1.54) is 6.92 Å². The summed E-state index contributed by atoms with van der Waals surface area (Å²) in [6, 6.07) is -1.02.